The van der Waals surface area contributed by atoms with Crippen molar-refractivity contribution in [1.82, 2.24) is 0 Å². The Kier molecular flexibility index (Phi) is 6.43. The van der Waals surface area contributed by atoms with Gasteiger partial charge < -0.3 is 9.47 Å². The van der Waals surface area contributed by atoms with Crippen LogP contribution in [0.5, 0.6) is 0 Å². The molecule has 0 aliphatic carbocycles. The van der Waals surface area contributed by atoms with Crippen LogP contribution in [0.25, 0.3) is 0 Å². The van der Waals surface area contributed by atoms with Gasteiger partial charge in [-0.3, -0.25) is 4.79 Å². The van der Waals surface area contributed by atoms with Gasteiger partial charge in [0.25, 0.3) is 0 Å². The molecule has 0 aliphatic heterocycles. The summed E-state index contributed by atoms with van der Waals surface area (Å²) in [6.07, 6.45) is 0.184. The average Bonchev–Trinajstić information content (AvgIpc) is 2.47. The lowest BCUT2D eigenvalue weighted by molar-refractivity contribution is -0.154. The number of ether oxygens (including phenoxy) is 2. The first kappa shape index (κ1) is 15.9. The fraction of sp³-hybridized carbons (Fsp3) is 0.400. The third kappa shape index (κ3) is 5.22. The maximum absolute atomic E-state index is 11.8. The Morgan fingerprint density at radius 2 is 1.85 bits per heavy atom. The highest BCUT2D eigenvalue weighted by Crippen LogP contribution is 2.12. The Balaban J connectivity index is 2.49. The zero-order valence-corrected chi connectivity index (χ0v) is 11.6. The highest BCUT2D eigenvalue weighted by atomic mass is 16.6. The molecule has 0 amide bonds. The molecule has 0 spiro atoms. The normalized spacial score (nSPS) is 13.1. The molecular formula is C15H18O5. The number of hydrogen-bond donors (Lipinski definition) is 0. The molecule has 0 heterocycles. The lowest BCUT2D eigenvalue weighted by Gasteiger charge is -2.19. The van der Waals surface area contributed by atoms with Gasteiger partial charge in [-0.2, -0.15) is 0 Å². The molecule has 20 heavy (non-hydrogen) atoms. The summed E-state index contributed by atoms with van der Waals surface area (Å²) < 4.78 is 10.2. The zero-order chi connectivity index (χ0) is 15.0. The van der Waals surface area contributed by atoms with Crippen molar-refractivity contribution in [3.63, 3.8) is 0 Å². The third-order valence-electron chi connectivity index (χ3n) is 2.75. The topological polar surface area (TPSA) is 69.7 Å². The summed E-state index contributed by atoms with van der Waals surface area (Å²) in [5.74, 6) is -1.33. The second-order valence-electron chi connectivity index (χ2n) is 4.40. The number of esters is 2. The highest BCUT2D eigenvalue weighted by molar-refractivity contribution is 6.20. The molecule has 1 aromatic carbocycles. The van der Waals surface area contributed by atoms with Crippen molar-refractivity contribution in [2.75, 3.05) is 0 Å². The van der Waals surface area contributed by atoms with Crippen LogP contribution in [0.1, 0.15) is 37.0 Å². The van der Waals surface area contributed by atoms with E-state index >= 15 is 0 Å². The van der Waals surface area contributed by atoms with Gasteiger partial charge in [-0.15, -0.1) is 0 Å². The molecule has 5 nitrogen and oxygen atoms in total. The quantitative estimate of drug-likeness (QED) is 0.434. The van der Waals surface area contributed by atoms with Gasteiger partial charge in [-0.05, 0) is 25.5 Å². The molecule has 5 heteroatoms. The molecule has 2 atom stereocenters. The fourth-order valence-electron chi connectivity index (χ4n) is 1.73. The fourth-order valence-corrected chi connectivity index (χ4v) is 1.73. The molecule has 0 aliphatic rings. The molecule has 0 saturated heterocycles. The second-order valence-corrected chi connectivity index (χ2v) is 4.40. The van der Waals surface area contributed by atoms with Crippen LogP contribution in [0.4, 0.5) is 0 Å². The number of carbonyl (C=O) groups is 3. The Morgan fingerprint density at radius 1 is 1.20 bits per heavy atom. The van der Waals surface area contributed by atoms with E-state index in [1.165, 1.54) is 0 Å². The van der Waals surface area contributed by atoms with Crippen molar-refractivity contribution in [1.29, 1.82) is 0 Å². The van der Waals surface area contributed by atoms with E-state index in [2.05, 4.69) is 0 Å². The van der Waals surface area contributed by atoms with Crippen LogP contribution in [-0.4, -0.2) is 30.4 Å². The largest absolute Gasteiger partial charge is 0.459 e. The first-order valence-electron chi connectivity index (χ1n) is 6.48. The third-order valence-corrected chi connectivity index (χ3v) is 2.75. The summed E-state index contributed by atoms with van der Waals surface area (Å²) in [6, 6.07) is 8.65. The maximum Gasteiger partial charge on any atom is 0.371 e. The number of benzene rings is 1. The predicted octanol–water partition coefficient (Wildman–Crippen LogP) is 2.14. The number of rotatable bonds is 7. The van der Waals surface area contributed by atoms with E-state index in [4.69, 9.17) is 9.47 Å². The van der Waals surface area contributed by atoms with E-state index in [9.17, 15) is 14.4 Å². The van der Waals surface area contributed by atoms with Gasteiger partial charge in [0.05, 0.1) is 5.56 Å². The first-order valence-corrected chi connectivity index (χ1v) is 6.48. The molecular weight excluding hydrogens is 260 g/mol. The molecule has 0 fully saturated rings. The molecule has 2 unspecified atom stereocenters. The Morgan fingerprint density at radius 3 is 2.40 bits per heavy atom. The molecule has 0 N–H and O–H groups in total. The highest BCUT2D eigenvalue weighted by Gasteiger charge is 2.19. The lowest BCUT2D eigenvalue weighted by Crippen LogP contribution is -2.25. The predicted molar refractivity (Wildman–Crippen MR) is 72.2 cm³/mol. The van der Waals surface area contributed by atoms with Crippen LogP contribution in [0.2, 0.25) is 0 Å². The zero-order valence-electron chi connectivity index (χ0n) is 11.6. The van der Waals surface area contributed by atoms with Crippen molar-refractivity contribution in [2.45, 2.75) is 38.9 Å². The van der Waals surface area contributed by atoms with Crippen LogP contribution >= 0.6 is 0 Å². The minimum atomic E-state index is -0.904. The summed E-state index contributed by atoms with van der Waals surface area (Å²) in [6.45, 7) is 3.55. The average molecular weight is 278 g/mol. The molecule has 0 saturated carbocycles. The molecule has 108 valence electrons. The standard InChI is InChI=1S/C15H18O5/c1-3-13(20-14(17)10-16)9-11(2)19-15(18)12-7-5-4-6-8-12/h4-8,10-11,13H,3,9H2,1-2H3. The van der Waals surface area contributed by atoms with Gasteiger partial charge in [-0.1, -0.05) is 25.1 Å². The smallest absolute Gasteiger partial charge is 0.371 e. The van der Waals surface area contributed by atoms with Gasteiger partial charge in [0, 0.05) is 6.42 Å². The number of carbonyl (C=O) groups excluding carboxylic acids is 3. The lowest BCUT2D eigenvalue weighted by atomic mass is 10.1. The van der Waals surface area contributed by atoms with Gasteiger partial charge in [0.1, 0.15) is 12.2 Å². The summed E-state index contributed by atoms with van der Waals surface area (Å²) in [5.41, 5.74) is 0.470. The molecule has 0 aromatic heterocycles. The van der Waals surface area contributed by atoms with Crippen LogP contribution in [-0.2, 0) is 19.1 Å². The van der Waals surface area contributed by atoms with Gasteiger partial charge in [-0.25, -0.2) is 9.59 Å². The van der Waals surface area contributed by atoms with E-state index in [1.807, 2.05) is 13.0 Å². The molecule has 0 radical (unpaired) electrons. The van der Waals surface area contributed by atoms with Crippen LogP contribution in [0.3, 0.4) is 0 Å². The molecule has 0 bridgehead atoms. The molecule has 1 aromatic rings. The van der Waals surface area contributed by atoms with E-state index in [-0.39, 0.29) is 6.29 Å². The van der Waals surface area contributed by atoms with Crippen molar-refractivity contribution in [3.05, 3.63) is 35.9 Å². The second kappa shape index (κ2) is 8.09. The van der Waals surface area contributed by atoms with Gasteiger partial charge in [0.15, 0.2) is 0 Å². The minimum absolute atomic E-state index is 0.128. The monoisotopic (exact) mass is 278 g/mol. The van der Waals surface area contributed by atoms with Gasteiger partial charge in [0.2, 0.25) is 6.29 Å². The number of aldehydes is 1. The van der Waals surface area contributed by atoms with Gasteiger partial charge >= 0.3 is 11.9 Å². The molecule has 1 rings (SSSR count). The maximum atomic E-state index is 11.8. The Labute approximate surface area is 117 Å². The van der Waals surface area contributed by atoms with E-state index in [0.29, 0.717) is 18.4 Å². The van der Waals surface area contributed by atoms with E-state index < -0.39 is 24.1 Å². The van der Waals surface area contributed by atoms with Crippen molar-refractivity contribution in [3.8, 4) is 0 Å². The first-order chi connectivity index (χ1) is 9.56. The number of hydrogen-bond acceptors (Lipinski definition) is 5. The summed E-state index contributed by atoms with van der Waals surface area (Å²) in [7, 11) is 0. The van der Waals surface area contributed by atoms with Crippen molar-refractivity contribution >= 4 is 18.2 Å². The van der Waals surface area contributed by atoms with E-state index in [0.717, 1.165) is 0 Å². The summed E-state index contributed by atoms with van der Waals surface area (Å²) >= 11 is 0. The summed E-state index contributed by atoms with van der Waals surface area (Å²) in [4.78, 5) is 33.0. The van der Waals surface area contributed by atoms with Crippen LogP contribution in [0.15, 0.2) is 30.3 Å². The Hall–Kier alpha value is -2.17. The van der Waals surface area contributed by atoms with Crippen LogP contribution < -0.4 is 0 Å². The summed E-state index contributed by atoms with van der Waals surface area (Å²) in [5, 5.41) is 0. The van der Waals surface area contributed by atoms with Crippen LogP contribution in [0, 0.1) is 0 Å². The SMILES string of the molecule is CCC(CC(C)OC(=O)c1ccccc1)OC(=O)C=O. The Bertz CT molecular complexity index is 455. The minimum Gasteiger partial charge on any atom is -0.459 e. The van der Waals surface area contributed by atoms with Crippen molar-refractivity contribution < 1.29 is 23.9 Å². The van der Waals surface area contributed by atoms with E-state index in [1.54, 1.807) is 31.2 Å². The van der Waals surface area contributed by atoms with Crippen molar-refractivity contribution in [2.24, 2.45) is 0 Å².